The van der Waals surface area contributed by atoms with Crippen LogP contribution in [-0.2, 0) is 0 Å². The molecule has 0 aliphatic rings. The van der Waals surface area contributed by atoms with E-state index < -0.39 is 0 Å². The number of anilines is 3. The predicted molar refractivity (Wildman–Crippen MR) is 220 cm³/mol. The van der Waals surface area contributed by atoms with Crippen LogP contribution >= 0.6 is 0 Å². The highest BCUT2D eigenvalue weighted by molar-refractivity contribution is 6.17. The highest BCUT2D eigenvalue weighted by Crippen LogP contribution is 2.41. The lowest BCUT2D eigenvalue weighted by Crippen LogP contribution is -2.09. The minimum absolute atomic E-state index is 0.916. The normalized spacial score (nSPS) is 11.5. The molecule has 52 heavy (non-hydrogen) atoms. The fourth-order valence-electron chi connectivity index (χ4n) is 7.68. The van der Waals surface area contributed by atoms with Gasteiger partial charge in [-0.2, -0.15) is 0 Å². The van der Waals surface area contributed by atoms with Crippen molar-refractivity contribution in [1.82, 2.24) is 0 Å². The van der Waals surface area contributed by atoms with Crippen LogP contribution in [0.15, 0.2) is 205 Å². The van der Waals surface area contributed by atoms with Gasteiger partial charge in [0.1, 0.15) is 11.2 Å². The summed E-state index contributed by atoms with van der Waals surface area (Å²) in [6, 6.07) is 71.8. The maximum absolute atomic E-state index is 6.24. The van der Waals surface area contributed by atoms with E-state index >= 15 is 0 Å². The van der Waals surface area contributed by atoms with Crippen LogP contribution in [0.5, 0.6) is 0 Å². The van der Waals surface area contributed by atoms with Crippen molar-refractivity contribution in [2.75, 3.05) is 4.90 Å². The van der Waals surface area contributed by atoms with Crippen molar-refractivity contribution in [2.24, 2.45) is 0 Å². The molecule has 0 N–H and O–H groups in total. The van der Waals surface area contributed by atoms with Crippen LogP contribution in [0, 0.1) is 0 Å². The summed E-state index contributed by atoms with van der Waals surface area (Å²) in [6.45, 7) is 0. The molecule has 10 rings (SSSR count). The molecule has 2 heteroatoms. The van der Waals surface area contributed by atoms with Gasteiger partial charge >= 0.3 is 0 Å². The molecule has 0 amide bonds. The number of hydrogen-bond acceptors (Lipinski definition) is 2. The maximum Gasteiger partial charge on any atom is 0.136 e. The third-order valence-corrected chi connectivity index (χ3v) is 10.2. The average molecular weight is 664 g/mol. The van der Waals surface area contributed by atoms with Crippen LogP contribution in [-0.4, -0.2) is 0 Å². The monoisotopic (exact) mass is 663 g/mol. The van der Waals surface area contributed by atoms with E-state index in [2.05, 4.69) is 193 Å². The molecule has 1 heterocycles. The number of furan rings is 1. The molecule has 0 bridgehead atoms. The largest absolute Gasteiger partial charge is 0.456 e. The third kappa shape index (κ3) is 5.21. The first-order chi connectivity index (χ1) is 25.8. The third-order valence-electron chi connectivity index (χ3n) is 10.2. The highest BCUT2D eigenvalue weighted by atomic mass is 16.3. The molecule has 0 spiro atoms. The Kier molecular flexibility index (Phi) is 7.18. The van der Waals surface area contributed by atoms with Crippen molar-refractivity contribution >= 4 is 60.5 Å². The number of benzene rings is 9. The van der Waals surface area contributed by atoms with Gasteiger partial charge in [0.2, 0.25) is 0 Å². The summed E-state index contributed by atoms with van der Waals surface area (Å²) in [4.78, 5) is 2.35. The van der Waals surface area contributed by atoms with E-state index in [1.54, 1.807) is 0 Å². The second kappa shape index (κ2) is 12.5. The molecular weight excluding hydrogens is 631 g/mol. The molecule has 0 aliphatic carbocycles. The summed E-state index contributed by atoms with van der Waals surface area (Å²) >= 11 is 0. The molecule has 0 atom stereocenters. The van der Waals surface area contributed by atoms with Crippen LogP contribution in [0.1, 0.15) is 0 Å². The average Bonchev–Trinajstić information content (AvgIpc) is 3.59. The smallest absolute Gasteiger partial charge is 0.136 e. The summed E-state index contributed by atoms with van der Waals surface area (Å²) in [5.74, 6) is 0. The second-order valence-electron chi connectivity index (χ2n) is 13.3. The van der Waals surface area contributed by atoms with Crippen LogP contribution < -0.4 is 4.90 Å². The van der Waals surface area contributed by atoms with E-state index in [0.29, 0.717) is 0 Å². The summed E-state index contributed by atoms with van der Waals surface area (Å²) < 4.78 is 6.24. The Morgan fingerprint density at radius 2 is 0.865 bits per heavy atom. The van der Waals surface area contributed by atoms with Crippen LogP contribution in [0.3, 0.4) is 0 Å². The molecule has 9 aromatic carbocycles. The standard InChI is InChI=1S/C50H33NO/c1-4-12-34(13-5-1)38-25-29-43(45(30-38)35-14-6-2-7-15-35)36-22-26-41(27-23-36)51(40-16-8-3-9-17-40)42-28-24-37-20-21-39-31-50-48(33-47(39)46(37)32-42)44-18-10-11-19-49(44)52-50/h1-33H. The van der Waals surface area contributed by atoms with Crippen LogP contribution in [0.25, 0.3) is 76.9 Å². The van der Waals surface area contributed by atoms with Gasteiger partial charge in [0, 0.05) is 27.8 Å². The van der Waals surface area contributed by atoms with E-state index in [-0.39, 0.29) is 0 Å². The molecule has 244 valence electrons. The van der Waals surface area contributed by atoms with Gasteiger partial charge < -0.3 is 9.32 Å². The Morgan fingerprint density at radius 3 is 1.65 bits per heavy atom. The van der Waals surface area contributed by atoms with E-state index in [4.69, 9.17) is 4.42 Å². The van der Waals surface area contributed by atoms with Gasteiger partial charge in [-0.05, 0) is 116 Å². The fraction of sp³-hybridized carbons (Fsp3) is 0. The van der Waals surface area contributed by atoms with Crippen LogP contribution in [0.2, 0.25) is 0 Å². The minimum Gasteiger partial charge on any atom is -0.456 e. The Hall–Kier alpha value is -6.90. The predicted octanol–water partition coefficient (Wildman–Crippen LogP) is 14.4. The number of nitrogens with zero attached hydrogens (tertiary/aromatic N) is 1. The zero-order valence-electron chi connectivity index (χ0n) is 28.4. The fourth-order valence-corrected chi connectivity index (χ4v) is 7.68. The summed E-state index contributed by atoms with van der Waals surface area (Å²) in [5.41, 5.74) is 12.4. The molecule has 0 radical (unpaired) electrons. The van der Waals surface area contributed by atoms with Gasteiger partial charge in [-0.15, -0.1) is 0 Å². The lowest BCUT2D eigenvalue weighted by Gasteiger charge is -2.26. The van der Waals surface area contributed by atoms with Crippen molar-refractivity contribution in [3.05, 3.63) is 200 Å². The Labute approximate surface area is 302 Å². The van der Waals surface area contributed by atoms with Gasteiger partial charge in [0.25, 0.3) is 0 Å². The van der Waals surface area contributed by atoms with Crippen molar-refractivity contribution in [2.45, 2.75) is 0 Å². The minimum atomic E-state index is 0.916. The van der Waals surface area contributed by atoms with Gasteiger partial charge in [0.05, 0.1) is 0 Å². The molecule has 2 nitrogen and oxygen atoms in total. The molecule has 1 aromatic heterocycles. The first-order valence-corrected chi connectivity index (χ1v) is 17.8. The maximum atomic E-state index is 6.24. The van der Waals surface area contributed by atoms with E-state index in [9.17, 15) is 0 Å². The Balaban J connectivity index is 1.10. The topological polar surface area (TPSA) is 16.4 Å². The van der Waals surface area contributed by atoms with Crippen molar-refractivity contribution < 1.29 is 4.42 Å². The van der Waals surface area contributed by atoms with Crippen molar-refractivity contribution in [3.8, 4) is 33.4 Å². The first-order valence-electron chi connectivity index (χ1n) is 17.8. The molecule has 0 fully saturated rings. The second-order valence-corrected chi connectivity index (χ2v) is 13.3. The zero-order chi connectivity index (χ0) is 34.4. The highest BCUT2D eigenvalue weighted by Gasteiger charge is 2.16. The molecule has 0 saturated carbocycles. The number of rotatable bonds is 6. The lowest BCUT2D eigenvalue weighted by atomic mass is 9.91. The van der Waals surface area contributed by atoms with Crippen LogP contribution in [0.4, 0.5) is 17.1 Å². The van der Waals surface area contributed by atoms with Gasteiger partial charge in [-0.3, -0.25) is 0 Å². The zero-order valence-corrected chi connectivity index (χ0v) is 28.4. The van der Waals surface area contributed by atoms with Crippen molar-refractivity contribution in [1.29, 1.82) is 0 Å². The van der Waals surface area contributed by atoms with Gasteiger partial charge in [-0.1, -0.05) is 140 Å². The molecule has 0 aliphatic heterocycles. The quantitative estimate of drug-likeness (QED) is 0.165. The lowest BCUT2D eigenvalue weighted by molar-refractivity contribution is 0.669. The summed E-state index contributed by atoms with van der Waals surface area (Å²) in [5, 5.41) is 7.09. The van der Waals surface area contributed by atoms with Crippen molar-refractivity contribution in [3.63, 3.8) is 0 Å². The summed E-state index contributed by atoms with van der Waals surface area (Å²) in [6.07, 6.45) is 0. The SMILES string of the molecule is c1ccc(-c2ccc(-c3ccc(N(c4ccccc4)c4ccc5ccc6cc7oc8ccccc8c7cc6c5c4)cc3)c(-c3ccccc3)c2)cc1. The number of para-hydroxylation sites is 2. The van der Waals surface area contributed by atoms with E-state index in [1.807, 2.05) is 12.1 Å². The molecule has 10 aromatic rings. The van der Waals surface area contributed by atoms with E-state index in [1.165, 1.54) is 54.9 Å². The Bertz CT molecular complexity index is 2870. The Morgan fingerprint density at radius 1 is 0.288 bits per heavy atom. The van der Waals surface area contributed by atoms with Gasteiger partial charge in [0.15, 0.2) is 0 Å². The number of fused-ring (bicyclic) bond motifs is 6. The van der Waals surface area contributed by atoms with Gasteiger partial charge in [-0.25, -0.2) is 0 Å². The summed E-state index contributed by atoms with van der Waals surface area (Å²) in [7, 11) is 0. The molecule has 0 unspecified atom stereocenters. The number of hydrogen-bond donors (Lipinski definition) is 0. The molecule has 0 saturated heterocycles. The first kappa shape index (κ1) is 30.0. The van der Waals surface area contributed by atoms with E-state index in [0.717, 1.165) is 39.0 Å². The molecular formula is C50H33NO.